The lowest BCUT2D eigenvalue weighted by Crippen LogP contribution is -2.28. The maximum Gasteiger partial charge on any atom is 0.0620 e. The SMILES string of the molecule is CCOCC(N)Cc1c[nH]c2ccccc12. The van der Waals surface area contributed by atoms with Crippen molar-refractivity contribution in [3.05, 3.63) is 36.0 Å². The maximum atomic E-state index is 6.00. The summed E-state index contributed by atoms with van der Waals surface area (Å²) < 4.78 is 5.32. The van der Waals surface area contributed by atoms with Gasteiger partial charge in [-0.3, -0.25) is 0 Å². The number of benzene rings is 1. The molecule has 1 unspecified atom stereocenters. The fourth-order valence-electron chi connectivity index (χ4n) is 1.91. The smallest absolute Gasteiger partial charge is 0.0620 e. The van der Waals surface area contributed by atoms with Crippen LogP contribution in [0.2, 0.25) is 0 Å². The van der Waals surface area contributed by atoms with Gasteiger partial charge in [-0.1, -0.05) is 18.2 Å². The molecule has 16 heavy (non-hydrogen) atoms. The summed E-state index contributed by atoms with van der Waals surface area (Å²) in [5.41, 5.74) is 8.44. The number of nitrogens with one attached hydrogen (secondary N) is 1. The van der Waals surface area contributed by atoms with Crippen LogP contribution >= 0.6 is 0 Å². The van der Waals surface area contributed by atoms with E-state index < -0.39 is 0 Å². The molecule has 86 valence electrons. The monoisotopic (exact) mass is 218 g/mol. The first-order chi connectivity index (χ1) is 7.81. The second kappa shape index (κ2) is 5.14. The Kier molecular flexibility index (Phi) is 3.59. The van der Waals surface area contributed by atoms with Crippen molar-refractivity contribution in [2.45, 2.75) is 19.4 Å². The molecule has 0 spiro atoms. The lowest BCUT2D eigenvalue weighted by Gasteiger charge is -2.10. The standard InChI is InChI=1S/C13H18N2O/c1-2-16-9-11(14)7-10-8-15-13-6-4-3-5-12(10)13/h3-6,8,11,15H,2,7,9,14H2,1H3. The third-order valence-electron chi connectivity index (χ3n) is 2.69. The molecule has 2 aromatic rings. The summed E-state index contributed by atoms with van der Waals surface area (Å²) in [6.45, 7) is 3.33. The predicted molar refractivity (Wildman–Crippen MR) is 66.5 cm³/mol. The summed E-state index contributed by atoms with van der Waals surface area (Å²) in [5, 5.41) is 1.26. The second-order valence-electron chi connectivity index (χ2n) is 3.98. The molecule has 0 aliphatic rings. The van der Waals surface area contributed by atoms with Crippen LogP contribution in [0, 0.1) is 0 Å². The molecular formula is C13H18N2O. The summed E-state index contributed by atoms with van der Waals surface area (Å²) >= 11 is 0. The number of H-pyrrole nitrogens is 1. The first kappa shape index (κ1) is 11.2. The maximum absolute atomic E-state index is 6.00. The molecule has 0 bridgehead atoms. The highest BCUT2D eigenvalue weighted by molar-refractivity contribution is 5.83. The fraction of sp³-hybridized carbons (Fsp3) is 0.385. The molecule has 0 saturated carbocycles. The van der Waals surface area contributed by atoms with Gasteiger partial charge in [-0.15, -0.1) is 0 Å². The van der Waals surface area contributed by atoms with Crippen molar-refractivity contribution < 1.29 is 4.74 Å². The van der Waals surface area contributed by atoms with Crippen LogP contribution in [-0.2, 0) is 11.2 Å². The van der Waals surface area contributed by atoms with E-state index in [9.17, 15) is 0 Å². The topological polar surface area (TPSA) is 51.0 Å². The Morgan fingerprint density at radius 1 is 1.38 bits per heavy atom. The zero-order chi connectivity index (χ0) is 11.4. The van der Waals surface area contributed by atoms with Gasteiger partial charge in [0.05, 0.1) is 6.61 Å². The third-order valence-corrected chi connectivity index (χ3v) is 2.69. The molecule has 1 heterocycles. The predicted octanol–water partition coefficient (Wildman–Crippen LogP) is 2.07. The molecule has 3 heteroatoms. The molecule has 0 radical (unpaired) electrons. The van der Waals surface area contributed by atoms with E-state index in [2.05, 4.69) is 17.1 Å². The Morgan fingerprint density at radius 3 is 3.00 bits per heavy atom. The molecule has 0 amide bonds. The van der Waals surface area contributed by atoms with E-state index in [0.717, 1.165) is 13.0 Å². The van der Waals surface area contributed by atoms with E-state index in [0.29, 0.717) is 6.61 Å². The average molecular weight is 218 g/mol. The minimum Gasteiger partial charge on any atom is -0.380 e. The van der Waals surface area contributed by atoms with Crippen molar-refractivity contribution in [3.8, 4) is 0 Å². The van der Waals surface area contributed by atoms with E-state index in [1.165, 1.54) is 16.5 Å². The Bertz CT molecular complexity index is 450. The number of aromatic nitrogens is 1. The average Bonchev–Trinajstić information content (AvgIpc) is 2.70. The van der Waals surface area contributed by atoms with Gasteiger partial charge < -0.3 is 15.5 Å². The van der Waals surface area contributed by atoms with Crippen molar-refractivity contribution >= 4 is 10.9 Å². The van der Waals surface area contributed by atoms with Crippen molar-refractivity contribution in [2.24, 2.45) is 5.73 Å². The Morgan fingerprint density at radius 2 is 2.19 bits per heavy atom. The van der Waals surface area contributed by atoms with E-state index in [1.807, 2.05) is 25.3 Å². The van der Waals surface area contributed by atoms with Gasteiger partial charge in [-0.05, 0) is 25.0 Å². The van der Waals surface area contributed by atoms with Crippen LogP contribution in [0.15, 0.2) is 30.5 Å². The number of hydrogen-bond donors (Lipinski definition) is 2. The van der Waals surface area contributed by atoms with Gasteiger partial charge in [0.1, 0.15) is 0 Å². The fourth-order valence-corrected chi connectivity index (χ4v) is 1.91. The van der Waals surface area contributed by atoms with Gasteiger partial charge in [0, 0.05) is 29.7 Å². The summed E-state index contributed by atoms with van der Waals surface area (Å²) in [4.78, 5) is 3.25. The highest BCUT2D eigenvalue weighted by Gasteiger charge is 2.08. The van der Waals surface area contributed by atoms with Gasteiger partial charge in [0.15, 0.2) is 0 Å². The van der Waals surface area contributed by atoms with E-state index in [1.54, 1.807) is 0 Å². The molecule has 1 aromatic carbocycles. The van der Waals surface area contributed by atoms with Crippen molar-refractivity contribution in [2.75, 3.05) is 13.2 Å². The number of rotatable bonds is 5. The largest absolute Gasteiger partial charge is 0.380 e. The molecule has 0 aliphatic carbocycles. The molecular weight excluding hydrogens is 200 g/mol. The van der Waals surface area contributed by atoms with E-state index in [-0.39, 0.29) is 6.04 Å². The summed E-state index contributed by atoms with van der Waals surface area (Å²) in [6.07, 6.45) is 2.89. The summed E-state index contributed by atoms with van der Waals surface area (Å²) in [6, 6.07) is 8.34. The molecule has 0 fully saturated rings. The van der Waals surface area contributed by atoms with Gasteiger partial charge in [-0.2, -0.15) is 0 Å². The van der Waals surface area contributed by atoms with E-state index in [4.69, 9.17) is 10.5 Å². The van der Waals surface area contributed by atoms with Crippen LogP contribution in [0.1, 0.15) is 12.5 Å². The number of ether oxygens (including phenoxy) is 1. The van der Waals surface area contributed by atoms with Crippen LogP contribution in [0.25, 0.3) is 10.9 Å². The Balaban J connectivity index is 2.09. The van der Waals surface area contributed by atoms with Crippen LogP contribution < -0.4 is 5.73 Å². The molecule has 0 saturated heterocycles. The molecule has 1 aromatic heterocycles. The van der Waals surface area contributed by atoms with Crippen molar-refractivity contribution in [3.63, 3.8) is 0 Å². The van der Waals surface area contributed by atoms with E-state index >= 15 is 0 Å². The summed E-state index contributed by atoms with van der Waals surface area (Å²) in [7, 11) is 0. The highest BCUT2D eigenvalue weighted by Crippen LogP contribution is 2.18. The highest BCUT2D eigenvalue weighted by atomic mass is 16.5. The van der Waals surface area contributed by atoms with Crippen LogP contribution in [0.5, 0.6) is 0 Å². The molecule has 3 nitrogen and oxygen atoms in total. The molecule has 0 aliphatic heterocycles. The molecule has 3 N–H and O–H groups in total. The first-order valence-corrected chi connectivity index (χ1v) is 5.69. The lowest BCUT2D eigenvalue weighted by atomic mass is 10.1. The number of para-hydroxylation sites is 1. The molecule has 1 atom stereocenters. The Labute approximate surface area is 95.6 Å². The van der Waals surface area contributed by atoms with Crippen molar-refractivity contribution in [1.29, 1.82) is 0 Å². The molecule has 2 rings (SSSR count). The zero-order valence-corrected chi connectivity index (χ0v) is 9.57. The minimum atomic E-state index is 0.0687. The first-order valence-electron chi connectivity index (χ1n) is 5.69. The second-order valence-corrected chi connectivity index (χ2v) is 3.98. The Hall–Kier alpha value is -1.32. The quantitative estimate of drug-likeness (QED) is 0.807. The summed E-state index contributed by atoms with van der Waals surface area (Å²) in [5.74, 6) is 0. The number of fused-ring (bicyclic) bond motifs is 1. The van der Waals surface area contributed by atoms with Crippen LogP contribution in [0.3, 0.4) is 0 Å². The van der Waals surface area contributed by atoms with Crippen LogP contribution in [0.4, 0.5) is 0 Å². The lowest BCUT2D eigenvalue weighted by molar-refractivity contribution is 0.133. The van der Waals surface area contributed by atoms with Crippen molar-refractivity contribution in [1.82, 2.24) is 4.98 Å². The zero-order valence-electron chi connectivity index (χ0n) is 9.57. The minimum absolute atomic E-state index is 0.0687. The normalized spacial score (nSPS) is 13.1. The van der Waals surface area contributed by atoms with Gasteiger partial charge in [0.25, 0.3) is 0 Å². The van der Waals surface area contributed by atoms with Gasteiger partial charge in [-0.25, -0.2) is 0 Å². The third kappa shape index (κ3) is 2.43. The number of aromatic amines is 1. The number of hydrogen-bond acceptors (Lipinski definition) is 2. The van der Waals surface area contributed by atoms with Gasteiger partial charge in [0.2, 0.25) is 0 Å². The number of nitrogens with two attached hydrogens (primary N) is 1. The van der Waals surface area contributed by atoms with Gasteiger partial charge >= 0.3 is 0 Å². The van der Waals surface area contributed by atoms with Crippen LogP contribution in [-0.4, -0.2) is 24.2 Å².